The molecular formula is C14H18N2OS. The summed E-state index contributed by atoms with van der Waals surface area (Å²) in [6.45, 7) is 6.20. The molecule has 4 heteroatoms. The molecule has 2 atom stereocenters. The van der Waals surface area contributed by atoms with Crippen molar-refractivity contribution in [2.75, 3.05) is 0 Å². The summed E-state index contributed by atoms with van der Waals surface area (Å²) in [6, 6.07) is 7.73. The monoisotopic (exact) mass is 262 g/mol. The van der Waals surface area contributed by atoms with Gasteiger partial charge >= 0.3 is 0 Å². The van der Waals surface area contributed by atoms with E-state index in [0.717, 1.165) is 16.3 Å². The summed E-state index contributed by atoms with van der Waals surface area (Å²) in [5.74, 6) is 0.305. The summed E-state index contributed by atoms with van der Waals surface area (Å²) in [7, 11) is 0. The van der Waals surface area contributed by atoms with Crippen molar-refractivity contribution in [3.63, 3.8) is 0 Å². The van der Waals surface area contributed by atoms with E-state index in [0.29, 0.717) is 5.75 Å². The predicted octanol–water partition coefficient (Wildman–Crippen LogP) is 3.57. The third-order valence-corrected chi connectivity index (χ3v) is 4.02. The smallest absolute Gasteiger partial charge is 0.115 e. The van der Waals surface area contributed by atoms with Crippen molar-refractivity contribution in [2.24, 2.45) is 0 Å². The molecular weight excluding hydrogens is 244 g/mol. The minimum absolute atomic E-state index is 0.177. The molecule has 3 nitrogen and oxygen atoms in total. The molecule has 2 rings (SSSR count). The molecule has 2 aromatic rings. The van der Waals surface area contributed by atoms with Gasteiger partial charge in [0.2, 0.25) is 0 Å². The third kappa shape index (κ3) is 3.09. The lowest BCUT2D eigenvalue weighted by Gasteiger charge is -2.19. The molecule has 0 aliphatic rings. The molecule has 0 bridgehead atoms. The van der Waals surface area contributed by atoms with Gasteiger partial charge in [0, 0.05) is 17.1 Å². The Labute approximate surface area is 112 Å². The lowest BCUT2D eigenvalue weighted by molar-refractivity contribution is 0.466. The molecule has 0 aliphatic carbocycles. The number of rotatable bonds is 4. The van der Waals surface area contributed by atoms with Gasteiger partial charge in [0.05, 0.1) is 6.04 Å². The quantitative estimate of drug-likeness (QED) is 0.885. The maximum Gasteiger partial charge on any atom is 0.115 e. The molecule has 0 saturated heterocycles. The standard InChI is InChI=1S/C14H18N2OS/c1-9-8-18-14(15-9)11(3)16-10(2)12-5-4-6-13(17)7-12/h4-8,10-11,16-17H,1-3H3. The molecule has 0 amide bonds. The lowest BCUT2D eigenvalue weighted by atomic mass is 10.1. The van der Waals surface area contributed by atoms with Crippen molar-refractivity contribution in [2.45, 2.75) is 32.9 Å². The highest BCUT2D eigenvalue weighted by atomic mass is 32.1. The van der Waals surface area contributed by atoms with Gasteiger partial charge in [-0.2, -0.15) is 0 Å². The van der Waals surface area contributed by atoms with Crippen LogP contribution in [0.3, 0.4) is 0 Å². The van der Waals surface area contributed by atoms with Crippen LogP contribution in [0.25, 0.3) is 0 Å². The number of thiazole rings is 1. The number of hydrogen-bond acceptors (Lipinski definition) is 4. The molecule has 1 aromatic carbocycles. The highest BCUT2D eigenvalue weighted by Gasteiger charge is 2.13. The first-order valence-electron chi connectivity index (χ1n) is 6.03. The maximum atomic E-state index is 9.48. The maximum absolute atomic E-state index is 9.48. The van der Waals surface area contributed by atoms with Crippen molar-refractivity contribution < 1.29 is 5.11 Å². The van der Waals surface area contributed by atoms with Crippen LogP contribution in [-0.4, -0.2) is 10.1 Å². The topological polar surface area (TPSA) is 45.1 Å². The minimum Gasteiger partial charge on any atom is -0.508 e. The molecule has 1 aromatic heterocycles. The number of phenols is 1. The lowest BCUT2D eigenvalue weighted by Crippen LogP contribution is -2.22. The first kappa shape index (κ1) is 13.1. The summed E-state index contributed by atoms with van der Waals surface area (Å²) in [6.07, 6.45) is 0. The van der Waals surface area contributed by atoms with Crippen LogP contribution in [0, 0.1) is 6.92 Å². The predicted molar refractivity (Wildman–Crippen MR) is 74.9 cm³/mol. The second-order valence-corrected chi connectivity index (χ2v) is 5.42. The van der Waals surface area contributed by atoms with Crippen molar-refractivity contribution in [1.29, 1.82) is 0 Å². The van der Waals surface area contributed by atoms with Crippen LogP contribution in [0.15, 0.2) is 29.6 Å². The fraction of sp³-hybridized carbons (Fsp3) is 0.357. The van der Waals surface area contributed by atoms with Crippen LogP contribution in [-0.2, 0) is 0 Å². The summed E-state index contributed by atoms with van der Waals surface area (Å²) >= 11 is 1.67. The van der Waals surface area contributed by atoms with Crippen LogP contribution < -0.4 is 5.32 Å². The van der Waals surface area contributed by atoms with Gasteiger partial charge in [0.15, 0.2) is 0 Å². The van der Waals surface area contributed by atoms with Gasteiger partial charge in [-0.3, -0.25) is 0 Å². The summed E-state index contributed by atoms with van der Waals surface area (Å²) in [5.41, 5.74) is 2.14. The number of nitrogens with zero attached hydrogens (tertiary/aromatic N) is 1. The first-order valence-corrected chi connectivity index (χ1v) is 6.91. The van der Waals surface area contributed by atoms with E-state index in [4.69, 9.17) is 0 Å². The number of aromatic nitrogens is 1. The van der Waals surface area contributed by atoms with Gasteiger partial charge < -0.3 is 10.4 Å². The summed E-state index contributed by atoms with van der Waals surface area (Å²) < 4.78 is 0. The number of phenolic OH excluding ortho intramolecular Hbond substituents is 1. The highest BCUT2D eigenvalue weighted by molar-refractivity contribution is 7.09. The van der Waals surface area contributed by atoms with Gasteiger partial charge in [-0.05, 0) is 38.5 Å². The van der Waals surface area contributed by atoms with Crippen molar-refractivity contribution >= 4 is 11.3 Å². The normalized spacial score (nSPS) is 14.4. The van der Waals surface area contributed by atoms with Crippen LogP contribution in [0.4, 0.5) is 0 Å². The average Bonchev–Trinajstić information content (AvgIpc) is 2.76. The van der Waals surface area contributed by atoms with Gasteiger partial charge in [-0.1, -0.05) is 12.1 Å². The van der Waals surface area contributed by atoms with Gasteiger partial charge in [-0.15, -0.1) is 11.3 Å². The van der Waals surface area contributed by atoms with Crippen LogP contribution >= 0.6 is 11.3 Å². The first-order chi connectivity index (χ1) is 8.56. The van der Waals surface area contributed by atoms with Gasteiger partial charge in [0.25, 0.3) is 0 Å². The van der Waals surface area contributed by atoms with Crippen LogP contribution in [0.1, 0.15) is 42.2 Å². The van der Waals surface area contributed by atoms with E-state index in [1.165, 1.54) is 0 Å². The van der Waals surface area contributed by atoms with E-state index in [1.54, 1.807) is 23.5 Å². The summed E-state index contributed by atoms with van der Waals surface area (Å²) in [4.78, 5) is 4.48. The van der Waals surface area contributed by atoms with Crippen molar-refractivity contribution in [3.05, 3.63) is 45.9 Å². The molecule has 0 spiro atoms. The van der Waals surface area contributed by atoms with Crippen LogP contribution in [0.5, 0.6) is 5.75 Å². The third-order valence-electron chi connectivity index (χ3n) is 2.88. The number of nitrogens with one attached hydrogen (secondary N) is 1. The zero-order valence-corrected chi connectivity index (χ0v) is 11.7. The molecule has 96 valence electrons. The number of benzene rings is 1. The zero-order valence-electron chi connectivity index (χ0n) is 10.8. The fourth-order valence-corrected chi connectivity index (χ4v) is 2.72. The molecule has 18 heavy (non-hydrogen) atoms. The molecule has 0 aliphatic heterocycles. The molecule has 2 unspecified atom stereocenters. The Balaban J connectivity index is 2.05. The van der Waals surface area contributed by atoms with E-state index in [1.807, 2.05) is 19.1 Å². The molecule has 0 radical (unpaired) electrons. The largest absolute Gasteiger partial charge is 0.508 e. The van der Waals surface area contributed by atoms with Crippen molar-refractivity contribution in [1.82, 2.24) is 10.3 Å². The Morgan fingerprint density at radius 1 is 1.28 bits per heavy atom. The molecule has 0 fully saturated rings. The van der Waals surface area contributed by atoms with Gasteiger partial charge in [0.1, 0.15) is 10.8 Å². The van der Waals surface area contributed by atoms with Gasteiger partial charge in [-0.25, -0.2) is 4.98 Å². The zero-order chi connectivity index (χ0) is 13.1. The van der Waals surface area contributed by atoms with E-state index < -0.39 is 0 Å². The second-order valence-electron chi connectivity index (χ2n) is 4.53. The molecule has 0 saturated carbocycles. The van der Waals surface area contributed by atoms with E-state index in [9.17, 15) is 5.11 Å². The average molecular weight is 262 g/mol. The second kappa shape index (κ2) is 5.50. The molecule has 1 heterocycles. The molecule has 2 N–H and O–H groups in total. The number of aromatic hydroxyl groups is 1. The Hall–Kier alpha value is -1.39. The van der Waals surface area contributed by atoms with Crippen LogP contribution in [0.2, 0.25) is 0 Å². The minimum atomic E-state index is 0.177. The number of hydrogen-bond donors (Lipinski definition) is 2. The van der Waals surface area contributed by atoms with E-state index >= 15 is 0 Å². The highest BCUT2D eigenvalue weighted by Crippen LogP contribution is 2.23. The Kier molecular flexibility index (Phi) is 3.99. The fourth-order valence-electron chi connectivity index (χ4n) is 1.91. The Morgan fingerprint density at radius 2 is 2.06 bits per heavy atom. The van der Waals surface area contributed by atoms with Crippen molar-refractivity contribution in [3.8, 4) is 5.75 Å². The van der Waals surface area contributed by atoms with E-state index in [-0.39, 0.29) is 12.1 Å². The number of aryl methyl sites for hydroxylation is 1. The Morgan fingerprint density at radius 3 is 2.67 bits per heavy atom. The SMILES string of the molecule is Cc1csc(C(C)NC(C)c2cccc(O)c2)n1. The Bertz CT molecular complexity index is 524. The summed E-state index contributed by atoms with van der Waals surface area (Å²) in [5, 5.41) is 16.1. The van der Waals surface area contributed by atoms with E-state index in [2.05, 4.69) is 29.5 Å².